The van der Waals surface area contributed by atoms with Gasteiger partial charge in [0.2, 0.25) is 0 Å². The predicted molar refractivity (Wildman–Crippen MR) is 71.0 cm³/mol. The second-order valence-electron chi connectivity index (χ2n) is 3.01. The normalized spacial score (nSPS) is 10.3. The summed E-state index contributed by atoms with van der Waals surface area (Å²) in [5, 5.41) is 0. The van der Waals surface area contributed by atoms with Crippen LogP contribution < -0.4 is 5.43 Å². The Morgan fingerprint density at radius 2 is 2.00 bits per heavy atom. The molecule has 0 aliphatic rings. The van der Waals surface area contributed by atoms with Crippen molar-refractivity contribution >= 4 is 39.9 Å². The molecule has 1 heterocycles. The fourth-order valence-corrected chi connectivity index (χ4v) is 2.89. The summed E-state index contributed by atoms with van der Waals surface area (Å²) in [7, 11) is 0. The summed E-state index contributed by atoms with van der Waals surface area (Å²) in [5.41, 5.74) is 1.02. The van der Waals surface area contributed by atoms with Gasteiger partial charge in [0, 0.05) is 21.5 Å². The van der Waals surface area contributed by atoms with E-state index in [2.05, 4.69) is 28.6 Å². The maximum absolute atomic E-state index is 11.3. The Bertz CT molecular complexity index is 548. The lowest BCUT2D eigenvalue weighted by atomic mass is 10.2. The number of hydrogen-bond acceptors (Lipinski definition) is 3. The molecule has 2 aromatic rings. The smallest absolute Gasteiger partial charge is 0.181 e. The Labute approximate surface area is 105 Å². The highest BCUT2D eigenvalue weighted by Gasteiger charge is 2.01. The van der Waals surface area contributed by atoms with Crippen molar-refractivity contribution in [2.24, 2.45) is 0 Å². The summed E-state index contributed by atoms with van der Waals surface area (Å²) in [4.78, 5) is 12.3. The molecule has 0 aliphatic carbocycles. The van der Waals surface area contributed by atoms with Crippen molar-refractivity contribution in [3.05, 3.63) is 51.1 Å². The van der Waals surface area contributed by atoms with Crippen LogP contribution in [0.4, 0.5) is 0 Å². The monoisotopic (exact) mass is 298 g/mol. The average molecular weight is 299 g/mol. The van der Waals surface area contributed by atoms with Gasteiger partial charge in [0.05, 0.1) is 4.21 Å². The van der Waals surface area contributed by atoms with Gasteiger partial charge < -0.3 is 0 Å². The van der Waals surface area contributed by atoms with Gasteiger partial charge in [0.1, 0.15) is 0 Å². The van der Waals surface area contributed by atoms with E-state index in [1.807, 2.05) is 24.3 Å². The van der Waals surface area contributed by atoms with Crippen LogP contribution in [0.2, 0.25) is 0 Å². The minimum Gasteiger partial charge on any atom is -0.290 e. The molecular weight excluding hydrogens is 292 g/mol. The van der Waals surface area contributed by atoms with E-state index in [4.69, 9.17) is 0 Å². The minimum absolute atomic E-state index is 0.00581. The van der Waals surface area contributed by atoms with Crippen molar-refractivity contribution in [2.45, 2.75) is 4.21 Å². The molecule has 0 spiro atoms. The van der Waals surface area contributed by atoms with E-state index in [1.165, 1.54) is 17.4 Å². The maximum Gasteiger partial charge on any atom is 0.181 e. The second kappa shape index (κ2) is 4.51. The molecule has 0 radical (unpaired) electrons. The molecule has 0 saturated heterocycles. The Balaban J connectivity index is 2.59. The van der Waals surface area contributed by atoms with Gasteiger partial charge in [0.15, 0.2) is 5.43 Å². The summed E-state index contributed by atoms with van der Waals surface area (Å²) in [5.74, 6) is 0. The molecule has 2 rings (SSSR count). The Kier molecular flexibility index (Phi) is 3.29. The first-order valence-corrected chi connectivity index (χ1v) is 6.31. The zero-order valence-corrected chi connectivity index (χ0v) is 10.9. The minimum atomic E-state index is -0.00581. The summed E-state index contributed by atoms with van der Waals surface area (Å²) in [6.45, 7) is 0. The molecule has 76 valence electrons. The van der Waals surface area contributed by atoms with Crippen LogP contribution in [0.15, 0.2) is 49.9 Å². The van der Waals surface area contributed by atoms with Crippen LogP contribution >= 0.6 is 39.9 Å². The van der Waals surface area contributed by atoms with E-state index in [-0.39, 0.29) is 5.43 Å². The fourth-order valence-electron chi connectivity index (χ4n) is 1.25. The first-order chi connectivity index (χ1) is 7.15. The van der Waals surface area contributed by atoms with E-state index < -0.39 is 0 Å². The summed E-state index contributed by atoms with van der Waals surface area (Å²) < 4.78 is 1.74. The van der Waals surface area contributed by atoms with Gasteiger partial charge in [-0.2, -0.15) is 0 Å². The molecule has 0 amide bonds. The zero-order valence-electron chi connectivity index (χ0n) is 7.61. The molecule has 0 fully saturated rings. The molecule has 1 nitrogen and oxygen atoms in total. The van der Waals surface area contributed by atoms with E-state index in [9.17, 15) is 4.79 Å². The first-order valence-electron chi connectivity index (χ1n) is 4.25. The first kappa shape index (κ1) is 10.9. The molecule has 1 aromatic carbocycles. The molecule has 0 saturated carbocycles. The SMILES string of the molecule is O=c1cc(S)sc(-c2cccc(Br)c2)c1. The molecule has 0 bridgehead atoms. The van der Waals surface area contributed by atoms with Gasteiger partial charge in [0.25, 0.3) is 0 Å². The highest BCUT2D eigenvalue weighted by atomic mass is 79.9. The van der Waals surface area contributed by atoms with E-state index in [0.29, 0.717) is 0 Å². The van der Waals surface area contributed by atoms with Crippen molar-refractivity contribution in [3.63, 3.8) is 0 Å². The van der Waals surface area contributed by atoms with Crippen LogP contribution in [-0.4, -0.2) is 0 Å². The Morgan fingerprint density at radius 3 is 2.67 bits per heavy atom. The van der Waals surface area contributed by atoms with Gasteiger partial charge >= 0.3 is 0 Å². The van der Waals surface area contributed by atoms with E-state index >= 15 is 0 Å². The topological polar surface area (TPSA) is 17.1 Å². The van der Waals surface area contributed by atoms with Crippen molar-refractivity contribution in [2.75, 3.05) is 0 Å². The predicted octanol–water partition coefficient (Wildman–Crippen LogP) is 3.83. The van der Waals surface area contributed by atoms with Gasteiger partial charge in [-0.3, -0.25) is 4.79 Å². The Morgan fingerprint density at radius 1 is 1.20 bits per heavy atom. The van der Waals surface area contributed by atoms with Crippen LogP contribution in [0, 0.1) is 0 Å². The van der Waals surface area contributed by atoms with Crippen LogP contribution in [0.25, 0.3) is 10.4 Å². The molecule has 0 atom stereocenters. The van der Waals surface area contributed by atoms with Crippen molar-refractivity contribution in [1.82, 2.24) is 0 Å². The molecular formula is C11H7BrOS2. The number of thiol groups is 1. The average Bonchev–Trinajstić information content (AvgIpc) is 2.16. The van der Waals surface area contributed by atoms with Gasteiger partial charge in [-0.25, -0.2) is 0 Å². The van der Waals surface area contributed by atoms with Crippen molar-refractivity contribution in [3.8, 4) is 10.4 Å². The summed E-state index contributed by atoms with van der Waals surface area (Å²) in [6.07, 6.45) is 0. The lowest BCUT2D eigenvalue weighted by molar-refractivity contribution is 1.55. The molecule has 0 N–H and O–H groups in total. The third-order valence-electron chi connectivity index (χ3n) is 1.86. The van der Waals surface area contributed by atoms with Crippen LogP contribution in [0.1, 0.15) is 0 Å². The zero-order chi connectivity index (χ0) is 10.8. The third-order valence-corrected chi connectivity index (χ3v) is 3.66. The fraction of sp³-hybridized carbons (Fsp3) is 0. The number of rotatable bonds is 1. The quantitative estimate of drug-likeness (QED) is 0.792. The third kappa shape index (κ3) is 2.71. The largest absolute Gasteiger partial charge is 0.290 e. The van der Waals surface area contributed by atoms with Crippen molar-refractivity contribution < 1.29 is 0 Å². The highest BCUT2D eigenvalue weighted by molar-refractivity contribution is 9.10. The lowest BCUT2D eigenvalue weighted by Gasteiger charge is -2.01. The van der Waals surface area contributed by atoms with Gasteiger partial charge in [-0.1, -0.05) is 28.1 Å². The standard InChI is InChI=1S/C11H7BrOS2/c12-8-3-1-2-7(4-8)10-5-9(13)6-11(14)15-10/h1-6,14H. The highest BCUT2D eigenvalue weighted by Crippen LogP contribution is 2.27. The molecule has 0 aliphatic heterocycles. The number of hydrogen-bond donors (Lipinski definition) is 1. The molecule has 1 aromatic heterocycles. The molecule has 0 unspecified atom stereocenters. The lowest BCUT2D eigenvalue weighted by Crippen LogP contribution is -1.95. The summed E-state index contributed by atoms with van der Waals surface area (Å²) in [6, 6.07) is 11.0. The maximum atomic E-state index is 11.3. The van der Waals surface area contributed by atoms with Crippen LogP contribution in [0.5, 0.6) is 0 Å². The van der Waals surface area contributed by atoms with E-state index in [1.54, 1.807) is 6.07 Å². The molecule has 4 heteroatoms. The van der Waals surface area contributed by atoms with Crippen LogP contribution in [0.3, 0.4) is 0 Å². The van der Waals surface area contributed by atoms with Gasteiger partial charge in [-0.15, -0.1) is 24.0 Å². The van der Waals surface area contributed by atoms with Crippen molar-refractivity contribution in [1.29, 1.82) is 0 Å². The summed E-state index contributed by atoms with van der Waals surface area (Å²) >= 11 is 9.11. The van der Waals surface area contributed by atoms with E-state index in [0.717, 1.165) is 19.1 Å². The van der Waals surface area contributed by atoms with Crippen LogP contribution in [-0.2, 0) is 0 Å². The number of benzene rings is 1. The van der Waals surface area contributed by atoms with Gasteiger partial charge in [-0.05, 0) is 17.7 Å². The molecule has 15 heavy (non-hydrogen) atoms. The second-order valence-corrected chi connectivity index (χ2v) is 5.79. The Hall–Kier alpha value is -0.580. The number of halogens is 1.